The molecule has 164 valence electrons. The second-order valence-electron chi connectivity index (χ2n) is 10.1. The standard InChI is InChI=1S/C36H20/c1-5-13-25-21(9-1)17-30-31-19-23-11-2-6-14-26(23)33-27-15-7-4-12-24(27)20-32(36(31)33)34-28-16-8-3-10-22(28)18-29(25)35(30)34/h1-20H. The minimum Gasteiger partial charge on any atom is -0.0616 e. The van der Waals surface area contributed by atoms with Crippen molar-refractivity contribution in [2.45, 2.75) is 0 Å². The summed E-state index contributed by atoms with van der Waals surface area (Å²) in [6.45, 7) is 0. The third-order valence-corrected chi connectivity index (χ3v) is 8.28. The van der Waals surface area contributed by atoms with Crippen LogP contribution in [0.4, 0.5) is 0 Å². The summed E-state index contributed by atoms with van der Waals surface area (Å²) in [7, 11) is 0. The summed E-state index contributed by atoms with van der Waals surface area (Å²) in [4.78, 5) is 0. The van der Waals surface area contributed by atoms with Crippen LogP contribution in [0.25, 0.3) is 86.2 Å². The molecule has 0 radical (unpaired) electrons. The minimum absolute atomic E-state index is 1.30. The van der Waals surface area contributed by atoms with Gasteiger partial charge in [0.1, 0.15) is 0 Å². The second-order valence-corrected chi connectivity index (χ2v) is 10.1. The van der Waals surface area contributed by atoms with Crippen LogP contribution in [0.5, 0.6) is 0 Å². The number of hydrogen-bond acceptors (Lipinski definition) is 0. The van der Waals surface area contributed by atoms with E-state index in [9.17, 15) is 0 Å². The lowest BCUT2D eigenvalue weighted by Crippen LogP contribution is -1.92. The highest BCUT2D eigenvalue weighted by atomic mass is 14.2. The Balaban J connectivity index is 1.77. The average molecular weight is 453 g/mol. The Kier molecular flexibility index (Phi) is 3.36. The summed E-state index contributed by atoms with van der Waals surface area (Å²) in [6.07, 6.45) is 0. The highest BCUT2D eigenvalue weighted by Gasteiger charge is 2.20. The average Bonchev–Trinajstić information content (AvgIpc) is 2.94. The van der Waals surface area contributed by atoms with Gasteiger partial charge < -0.3 is 0 Å². The quantitative estimate of drug-likeness (QED) is 0.159. The molecule has 0 aliphatic heterocycles. The normalized spacial score (nSPS) is 12.4. The van der Waals surface area contributed by atoms with E-state index in [0.29, 0.717) is 0 Å². The van der Waals surface area contributed by atoms with Gasteiger partial charge in [0.15, 0.2) is 0 Å². The molecule has 0 nitrogen and oxygen atoms in total. The lowest BCUT2D eigenvalue weighted by atomic mass is 9.82. The second kappa shape index (κ2) is 6.50. The Morgan fingerprint density at radius 3 is 1.00 bits per heavy atom. The number of benzene rings is 9. The monoisotopic (exact) mass is 452 g/mol. The summed E-state index contributed by atoms with van der Waals surface area (Å²) >= 11 is 0. The van der Waals surface area contributed by atoms with E-state index in [4.69, 9.17) is 0 Å². The summed E-state index contributed by atoms with van der Waals surface area (Å²) in [5, 5.41) is 21.4. The molecule has 0 saturated heterocycles. The van der Waals surface area contributed by atoms with Crippen molar-refractivity contribution in [3.05, 3.63) is 121 Å². The van der Waals surface area contributed by atoms with Crippen LogP contribution in [0.3, 0.4) is 0 Å². The first kappa shape index (κ1) is 18.6. The predicted molar refractivity (Wildman–Crippen MR) is 158 cm³/mol. The first-order chi connectivity index (χ1) is 17.9. The van der Waals surface area contributed by atoms with Gasteiger partial charge in [-0.05, 0) is 110 Å². The number of hydrogen-bond donors (Lipinski definition) is 0. The largest absolute Gasteiger partial charge is 0.0616 e. The molecule has 0 amide bonds. The molecule has 0 aliphatic carbocycles. The molecular weight excluding hydrogens is 432 g/mol. The van der Waals surface area contributed by atoms with E-state index in [1.165, 1.54) is 86.2 Å². The third-order valence-electron chi connectivity index (χ3n) is 8.28. The minimum atomic E-state index is 1.30. The smallest absolute Gasteiger partial charge is 0.00132 e. The molecule has 0 atom stereocenters. The van der Waals surface area contributed by atoms with Crippen LogP contribution >= 0.6 is 0 Å². The van der Waals surface area contributed by atoms with Crippen LogP contribution in [0, 0.1) is 0 Å². The van der Waals surface area contributed by atoms with Crippen molar-refractivity contribution in [1.82, 2.24) is 0 Å². The van der Waals surface area contributed by atoms with Gasteiger partial charge >= 0.3 is 0 Å². The Morgan fingerprint density at radius 1 is 0.222 bits per heavy atom. The van der Waals surface area contributed by atoms with Crippen LogP contribution in [-0.4, -0.2) is 0 Å². The Labute approximate surface area is 207 Å². The van der Waals surface area contributed by atoms with Gasteiger partial charge in [0, 0.05) is 0 Å². The molecule has 0 unspecified atom stereocenters. The van der Waals surface area contributed by atoms with E-state index in [1.54, 1.807) is 0 Å². The first-order valence-corrected chi connectivity index (χ1v) is 12.6. The number of fused-ring (bicyclic) bond motifs is 10. The first-order valence-electron chi connectivity index (χ1n) is 12.6. The molecule has 9 aromatic rings. The lowest BCUT2D eigenvalue weighted by Gasteiger charge is -2.20. The van der Waals surface area contributed by atoms with E-state index >= 15 is 0 Å². The molecule has 0 aromatic heterocycles. The summed E-state index contributed by atoms with van der Waals surface area (Å²) < 4.78 is 0. The third kappa shape index (κ3) is 2.20. The van der Waals surface area contributed by atoms with Crippen LogP contribution in [0.1, 0.15) is 0 Å². The fourth-order valence-corrected chi connectivity index (χ4v) is 6.82. The molecule has 0 spiro atoms. The highest BCUT2D eigenvalue weighted by molar-refractivity contribution is 6.45. The zero-order valence-corrected chi connectivity index (χ0v) is 19.5. The fraction of sp³-hybridized carbons (Fsp3) is 0. The molecule has 0 bridgehead atoms. The molecular formula is C36H20. The maximum absolute atomic E-state index is 2.44. The molecule has 9 aromatic carbocycles. The van der Waals surface area contributed by atoms with E-state index in [1.807, 2.05) is 0 Å². The SMILES string of the molecule is c1ccc2c(c1)cc1c3cc4ccccc4c4c5ccccc5cc(c5c6ccccc6cc2c15)c34. The molecule has 36 heavy (non-hydrogen) atoms. The topological polar surface area (TPSA) is 0 Å². The van der Waals surface area contributed by atoms with Crippen molar-refractivity contribution in [3.8, 4) is 0 Å². The van der Waals surface area contributed by atoms with E-state index in [2.05, 4.69) is 121 Å². The number of rotatable bonds is 0. The summed E-state index contributed by atoms with van der Waals surface area (Å²) in [5.41, 5.74) is 0. The van der Waals surface area contributed by atoms with Crippen molar-refractivity contribution >= 4 is 86.2 Å². The van der Waals surface area contributed by atoms with Crippen molar-refractivity contribution < 1.29 is 0 Å². The zero-order valence-electron chi connectivity index (χ0n) is 19.5. The molecule has 0 heteroatoms. The highest BCUT2D eigenvalue weighted by Crippen LogP contribution is 2.48. The maximum Gasteiger partial charge on any atom is -0.00132 e. The van der Waals surface area contributed by atoms with Gasteiger partial charge in [-0.25, -0.2) is 0 Å². The lowest BCUT2D eigenvalue weighted by molar-refractivity contribution is 1.79. The Morgan fingerprint density at radius 2 is 0.500 bits per heavy atom. The van der Waals surface area contributed by atoms with Crippen molar-refractivity contribution in [2.75, 3.05) is 0 Å². The van der Waals surface area contributed by atoms with E-state index in [0.717, 1.165) is 0 Å². The summed E-state index contributed by atoms with van der Waals surface area (Å²) in [6, 6.07) is 45.2. The van der Waals surface area contributed by atoms with Crippen molar-refractivity contribution in [3.63, 3.8) is 0 Å². The van der Waals surface area contributed by atoms with Crippen molar-refractivity contribution in [2.24, 2.45) is 0 Å². The van der Waals surface area contributed by atoms with Gasteiger partial charge in [-0.1, -0.05) is 97.1 Å². The zero-order chi connectivity index (χ0) is 23.4. The molecule has 0 N–H and O–H groups in total. The van der Waals surface area contributed by atoms with Gasteiger partial charge in [0.05, 0.1) is 0 Å². The van der Waals surface area contributed by atoms with Crippen LogP contribution in [0.2, 0.25) is 0 Å². The van der Waals surface area contributed by atoms with Gasteiger partial charge in [-0.2, -0.15) is 0 Å². The van der Waals surface area contributed by atoms with E-state index in [-0.39, 0.29) is 0 Å². The predicted octanol–water partition coefficient (Wildman–Crippen LogP) is 10.3. The molecule has 0 heterocycles. The summed E-state index contributed by atoms with van der Waals surface area (Å²) in [5.74, 6) is 0. The molecule has 0 aliphatic rings. The van der Waals surface area contributed by atoms with E-state index < -0.39 is 0 Å². The fourth-order valence-electron chi connectivity index (χ4n) is 6.82. The van der Waals surface area contributed by atoms with Crippen LogP contribution in [0.15, 0.2) is 121 Å². The van der Waals surface area contributed by atoms with Gasteiger partial charge in [0.25, 0.3) is 0 Å². The maximum atomic E-state index is 2.44. The van der Waals surface area contributed by atoms with Crippen LogP contribution < -0.4 is 0 Å². The molecule has 9 rings (SSSR count). The molecule has 0 saturated carbocycles. The van der Waals surface area contributed by atoms with Crippen LogP contribution in [-0.2, 0) is 0 Å². The van der Waals surface area contributed by atoms with Gasteiger partial charge in [-0.3, -0.25) is 0 Å². The van der Waals surface area contributed by atoms with Gasteiger partial charge in [-0.15, -0.1) is 0 Å². The Hall–Kier alpha value is -4.68. The molecule has 0 fully saturated rings. The van der Waals surface area contributed by atoms with Crippen molar-refractivity contribution in [1.29, 1.82) is 0 Å². The van der Waals surface area contributed by atoms with Gasteiger partial charge in [0.2, 0.25) is 0 Å². The Bertz CT molecular complexity index is 2330.